The zero-order valence-electron chi connectivity index (χ0n) is 19.0. The van der Waals surface area contributed by atoms with Crippen molar-refractivity contribution in [3.05, 3.63) is 47.0 Å². The number of rotatable bonds is 9. The minimum atomic E-state index is 0.654. The molecule has 0 unspecified atom stereocenters. The third-order valence-corrected chi connectivity index (χ3v) is 5.46. The molecule has 7 nitrogen and oxygen atoms in total. The summed E-state index contributed by atoms with van der Waals surface area (Å²) >= 11 is 0. The molecule has 0 radical (unpaired) electrons. The molecule has 3 rings (SSSR count). The number of aliphatic imine (C=N–C) groups is 1. The largest absolute Gasteiger partial charge is 0.357 e. The first-order valence-electron chi connectivity index (χ1n) is 11.1. The minimum Gasteiger partial charge on any atom is -0.357 e. The molecule has 0 spiro atoms. The molecule has 2 aromatic heterocycles. The second kappa shape index (κ2) is 10.3. The van der Waals surface area contributed by atoms with E-state index in [1.54, 1.807) is 0 Å². The number of hydrogen-bond acceptors (Lipinski definition) is 3. The summed E-state index contributed by atoms with van der Waals surface area (Å²) in [4.78, 5) is 9.49. The summed E-state index contributed by atoms with van der Waals surface area (Å²) in [5, 5.41) is 11.5. The number of guanidine groups is 1. The van der Waals surface area contributed by atoms with E-state index in [2.05, 4.69) is 71.2 Å². The van der Waals surface area contributed by atoms with Crippen LogP contribution in [0.1, 0.15) is 50.0 Å². The van der Waals surface area contributed by atoms with Crippen molar-refractivity contribution in [2.24, 2.45) is 12.0 Å². The Morgan fingerprint density at radius 3 is 2.63 bits per heavy atom. The molecule has 1 aromatic carbocycles. The molecule has 0 saturated carbocycles. The Morgan fingerprint density at radius 1 is 1.10 bits per heavy atom. The van der Waals surface area contributed by atoms with Crippen LogP contribution in [0, 0.1) is 6.92 Å². The molecule has 0 aliphatic heterocycles. The SMILES string of the molecule is CCNC(=NCc1c(CC)nn(C)c1CC)NCCCn1c(C)nc2ccccc21. The smallest absolute Gasteiger partial charge is 0.191 e. The van der Waals surface area contributed by atoms with E-state index in [-0.39, 0.29) is 0 Å². The molecule has 0 atom stereocenters. The van der Waals surface area contributed by atoms with Gasteiger partial charge in [-0.05, 0) is 45.2 Å². The highest BCUT2D eigenvalue weighted by Gasteiger charge is 2.13. The first-order chi connectivity index (χ1) is 14.6. The van der Waals surface area contributed by atoms with Crippen LogP contribution in [0.3, 0.4) is 0 Å². The number of benzene rings is 1. The van der Waals surface area contributed by atoms with Gasteiger partial charge in [-0.2, -0.15) is 5.10 Å². The number of para-hydroxylation sites is 2. The second-order valence-electron chi connectivity index (χ2n) is 7.48. The Labute approximate surface area is 179 Å². The van der Waals surface area contributed by atoms with E-state index >= 15 is 0 Å². The Morgan fingerprint density at radius 2 is 1.90 bits per heavy atom. The summed E-state index contributed by atoms with van der Waals surface area (Å²) < 4.78 is 4.29. The van der Waals surface area contributed by atoms with Crippen molar-refractivity contribution < 1.29 is 0 Å². The van der Waals surface area contributed by atoms with Crippen LogP contribution in [0.15, 0.2) is 29.3 Å². The van der Waals surface area contributed by atoms with Crippen LogP contribution in [0.25, 0.3) is 11.0 Å². The third kappa shape index (κ3) is 4.83. The maximum absolute atomic E-state index is 4.84. The summed E-state index contributed by atoms with van der Waals surface area (Å²) in [6.07, 6.45) is 2.90. The third-order valence-electron chi connectivity index (χ3n) is 5.46. The molecule has 2 N–H and O–H groups in total. The zero-order valence-corrected chi connectivity index (χ0v) is 19.0. The lowest BCUT2D eigenvalue weighted by Crippen LogP contribution is -2.38. The van der Waals surface area contributed by atoms with Crippen LogP contribution >= 0.6 is 0 Å². The van der Waals surface area contributed by atoms with Gasteiger partial charge in [0.2, 0.25) is 0 Å². The fraction of sp³-hybridized carbons (Fsp3) is 0.522. The lowest BCUT2D eigenvalue weighted by molar-refractivity contribution is 0.624. The number of nitrogens with one attached hydrogen (secondary N) is 2. The molecule has 0 amide bonds. The van der Waals surface area contributed by atoms with E-state index in [0.29, 0.717) is 6.54 Å². The average molecular weight is 410 g/mol. The first-order valence-corrected chi connectivity index (χ1v) is 11.1. The Hall–Kier alpha value is -2.83. The molecule has 0 saturated heterocycles. The number of hydrogen-bond donors (Lipinski definition) is 2. The van der Waals surface area contributed by atoms with Gasteiger partial charge in [0, 0.05) is 37.9 Å². The van der Waals surface area contributed by atoms with Crippen molar-refractivity contribution >= 4 is 17.0 Å². The lowest BCUT2D eigenvalue weighted by Gasteiger charge is -2.12. The van der Waals surface area contributed by atoms with Gasteiger partial charge in [-0.3, -0.25) is 4.68 Å². The topological polar surface area (TPSA) is 72.1 Å². The maximum Gasteiger partial charge on any atom is 0.191 e. The molecule has 162 valence electrons. The van der Waals surface area contributed by atoms with Gasteiger partial charge in [0.25, 0.3) is 0 Å². The summed E-state index contributed by atoms with van der Waals surface area (Å²) in [5.74, 6) is 1.92. The zero-order chi connectivity index (χ0) is 21.5. The van der Waals surface area contributed by atoms with Gasteiger partial charge in [0.05, 0.1) is 23.3 Å². The standard InChI is InChI=1S/C23H35N7/c1-6-19-18(21(7-2)29(5)28-19)16-26-23(24-8-3)25-14-11-15-30-17(4)27-20-12-9-10-13-22(20)30/h9-10,12-13H,6-8,11,14-16H2,1-5H3,(H2,24,25,26). The maximum atomic E-state index is 4.84. The van der Waals surface area contributed by atoms with Crippen LogP contribution in [-0.4, -0.2) is 38.4 Å². The van der Waals surface area contributed by atoms with E-state index in [4.69, 9.17) is 4.99 Å². The molecule has 2 heterocycles. The van der Waals surface area contributed by atoms with Crippen molar-refractivity contribution in [3.63, 3.8) is 0 Å². The normalized spacial score (nSPS) is 12.0. The van der Waals surface area contributed by atoms with Crippen molar-refractivity contribution in [2.75, 3.05) is 13.1 Å². The fourth-order valence-electron chi connectivity index (χ4n) is 3.99. The van der Waals surface area contributed by atoms with E-state index in [1.807, 2.05) is 17.8 Å². The van der Waals surface area contributed by atoms with Crippen LogP contribution in [0.2, 0.25) is 0 Å². The first kappa shape index (κ1) is 21.9. The molecule has 0 bridgehead atoms. The highest BCUT2D eigenvalue weighted by Crippen LogP contribution is 2.17. The predicted molar refractivity (Wildman–Crippen MR) is 124 cm³/mol. The highest BCUT2D eigenvalue weighted by molar-refractivity contribution is 5.79. The van der Waals surface area contributed by atoms with E-state index in [0.717, 1.165) is 61.9 Å². The number of fused-ring (bicyclic) bond motifs is 1. The van der Waals surface area contributed by atoms with Gasteiger partial charge < -0.3 is 15.2 Å². The van der Waals surface area contributed by atoms with Crippen molar-refractivity contribution in [2.45, 2.75) is 60.0 Å². The summed E-state index contributed by atoms with van der Waals surface area (Å²) in [6, 6.07) is 8.32. The molecular weight excluding hydrogens is 374 g/mol. The Balaban J connectivity index is 1.61. The Kier molecular flexibility index (Phi) is 7.49. The van der Waals surface area contributed by atoms with Gasteiger partial charge in [0.1, 0.15) is 5.82 Å². The molecule has 0 aliphatic carbocycles. The van der Waals surface area contributed by atoms with E-state index in [1.165, 1.54) is 16.8 Å². The quantitative estimate of drug-likeness (QED) is 0.323. The van der Waals surface area contributed by atoms with Crippen LogP contribution in [0.5, 0.6) is 0 Å². The van der Waals surface area contributed by atoms with Crippen LogP contribution < -0.4 is 10.6 Å². The van der Waals surface area contributed by atoms with Crippen molar-refractivity contribution in [3.8, 4) is 0 Å². The molecular formula is C23H35N7. The molecule has 30 heavy (non-hydrogen) atoms. The second-order valence-corrected chi connectivity index (χ2v) is 7.48. The molecule has 0 aliphatic rings. The van der Waals surface area contributed by atoms with Gasteiger partial charge in [-0.1, -0.05) is 26.0 Å². The van der Waals surface area contributed by atoms with E-state index < -0.39 is 0 Å². The van der Waals surface area contributed by atoms with Gasteiger partial charge in [-0.25, -0.2) is 9.98 Å². The number of aryl methyl sites for hydroxylation is 4. The lowest BCUT2D eigenvalue weighted by atomic mass is 10.1. The Bertz CT molecular complexity index is 997. The minimum absolute atomic E-state index is 0.654. The fourth-order valence-corrected chi connectivity index (χ4v) is 3.99. The van der Waals surface area contributed by atoms with Crippen molar-refractivity contribution in [1.82, 2.24) is 30.0 Å². The average Bonchev–Trinajstić information content (AvgIpc) is 3.24. The van der Waals surface area contributed by atoms with Gasteiger partial charge in [0.15, 0.2) is 5.96 Å². The number of nitrogens with zero attached hydrogens (tertiary/aromatic N) is 5. The highest BCUT2D eigenvalue weighted by atomic mass is 15.3. The molecule has 3 aromatic rings. The van der Waals surface area contributed by atoms with E-state index in [9.17, 15) is 0 Å². The predicted octanol–water partition coefficient (Wildman–Crippen LogP) is 3.35. The van der Waals surface area contributed by atoms with Gasteiger partial charge in [-0.15, -0.1) is 0 Å². The van der Waals surface area contributed by atoms with Gasteiger partial charge >= 0.3 is 0 Å². The summed E-state index contributed by atoms with van der Waals surface area (Å²) in [5.41, 5.74) is 5.95. The number of imidazole rings is 1. The molecule has 0 fully saturated rings. The van der Waals surface area contributed by atoms with Crippen LogP contribution in [-0.2, 0) is 33.0 Å². The van der Waals surface area contributed by atoms with Crippen molar-refractivity contribution in [1.29, 1.82) is 0 Å². The summed E-state index contributed by atoms with van der Waals surface area (Å²) in [7, 11) is 2.02. The monoisotopic (exact) mass is 409 g/mol. The molecule has 7 heteroatoms. The summed E-state index contributed by atoms with van der Waals surface area (Å²) in [6.45, 7) is 11.8. The van der Waals surface area contributed by atoms with Crippen LogP contribution in [0.4, 0.5) is 0 Å². The number of aromatic nitrogens is 4.